The van der Waals surface area contributed by atoms with Crippen LogP contribution in [0.15, 0.2) is 12.2 Å². The quantitative estimate of drug-likeness (QED) is 0.0345. The first-order valence-electron chi connectivity index (χ1n) is 30.5. The van der Waals surface area contributed by atoms with Crippen LogP contribution in [0.4, 0.5) is 0 Å². The van der Waals surface area contributed by atoms with Gasteiger partial charge >= 0.3 is 5.97 Å². The van der Waals surface area contributed by atoms with E-state index in [0.29, 0.717) is 5.57 Å². The molecule has 0 amide bonds. The molecule has 0 N–H and O–H groups in total. The van der Waals surface area contributed by atoms with Crippen molar-refractivity contribution in [2.24, 2.45) is 0 Å². The van der Waals surface area contributed by atoms with E-state index in [0.717, 1.165) is 12.8 Å². The van der Waals surface area contributed by atoms with Gasteiger partial charge in [-0.25, -0.2) is 4.79 Å². The number of unbranched alkanes of at least 4 members (excludes halogenated alkanes) is 51. The predicted molar refractivity (Wildman–Crippen MR) is 290 cm³/mol. The fourth-order valence-corrected chi connectivity index (χ4v) is 10.1. The standard InChI is InChI=1S/C62H122O2/c1-5-7-9-11-13-15-17-19-21-23-25-27-29-31-33-35-37-39-41-43-45-47-49-51-53-55-57-59-61(64-62(63)60(3)4)58-56-54-52-50-48-46-44-42-40-38-36-34-32-30-28-26-24-22-20-18-16-14-12-10-8-6-2/h61H,3,5-59H2,1-2,4H3. The third-order valence-electron chi connectivity index (χ3n) is 14.6. The van der Waals surface area contributed by atoms with Gasteiger partial charge in [0, 0.05) is 5.57 Å². The molecule has 0 spiro atoms. The first-order chi connectivity index (χ1) is 31.6. The fraction of sp³-hybridized carbons (Fsp3) is 0.952. The lowest BCUT2D eigenvalue weighted by molar-refractivity contribution is -0.145. The minimum Gasteiger partial charge on any atom is -0.459 e. The van der Waals surface area contributed by atoms with Gasteiger partial charge in [0.1, 0.15) is 6.10 Å². The summed E-state index contributed by atoms with van der Waals surface area (Å²) < 4.78 is 5.89. The molecule has 0 rings (SSSR count). The molecule has 1 unspecified atom stereocenters. The van der Waals surface area contributed by atoms with Gasteiger partial charge in [-0.15, -0.1) is 0 Å². The average molecular weight is 900 g/mol. The molecule has 0 aliphatic heterocycles. The van der Waals surface area contributed by atoms with Gasteiger partial charge < -0.3 is 4.74 Å². The van der Waals surface area contributed by atoms with E-state index in [9.17, 15) is 4.79 Å². The van der Waals surface area contributed by atoms with Crippen LogP contribution >= 0.6 is 0 Å². The Labute approximate surface area is 406 Å². The number of rotatable bonds is 57. The molecule has 0 aliphatic rings. The van der Waals surface area contributed by atoms with E-state index in [1.807, 2.05) is 0 Å². The lowest BCUT2D eigenvalue weighted by Crippen LogP contribution is -2.18. The second-order valence-corrected chi connectivity index (χ2v) is 21.4. The minimum atomic E-state index is -0.190. The van der Waals surface area contributed by atoms with Crippen molar-refractivity contribution in [2.75, 3.05) is 0 Å². The molecule has 64 heavy (non-hydrogen) atoms. The molecule has 0 radical (unpaired) electrons. The molecule has 0 fully saturated rings. The Hall–Kier alpha value is -0.790. The molecule has 382 valence electrons. The van der Waals surface area contributed by atoms with E-state index in [2.05, 4.69) is 20.4 Å². The third-order valence-corrected chi connectivity index (χ3v) is 14.6. The van der Waals surface area contributed by atoms with Crippen molar-refractivity contribution in [1.29, 1.82) is 0 Å². The van der Waals surface area contributed by atoms with Crippen molar-refractivity contribution in [1.82, 2.24) is 0 Å². The Morgan fingerprint density at radius 3 is 0.562 bits per heavy atom. The van der Waals surface area contributed by atoms with Gasteiger partial charge in [-0.05, 0) is 32.6 Å². The average Bonchev–Trinajstić information content (AvgIpc) is 3.29. The summed E-state index contributed by atoms with van der Waals surface area (Å²) in [6.45, 7) is 10.2. The highest BCUT2D eigenvalue weighted by Crippen LogP contribution is 2.21. The van der Waals surface area contributed by atoms with Crippen LogP contribution in [0.3, 0.4) is 0 Å². The molecule has 0 aromatic rings. The van der Waals surface area contributed by atoms with Crippen molar-refractivity contribution in [3.8, 4) is 0 Å². The Morgan fingerprint density at radius 2 is 0.422 bits per heavy atom. The highest BCUT2D eigenvalue weighted by molar-refractivity contribution is 5.87. The SMILES string of the molecule is C=C(C)C(=O)OC(CCCCCCCCCCCCCCCCCCCCCCCCCCCC)CCCCCCCCCCCCCCCCCCCCCCCCCCCCC. The van der Waals surface area contributed by atoms with E-state index in [1.54, 1.807) is 6.92 Å². The first-order valence-corrected chi connectivity index (χ1v) is 30.5. The van der Waals surface area contributed by atoms with Gasteiger partial charge in [-0.1, -0.05) is 348 Å². The lowest BCUT2D eigenvalue weighted by Gasteiger charge is -2.18. The molecule has 0 heterocycles. The Balaban J connectivity index is 3.51. The second kappa shape index (κ2) is 56.5. The number of hydrogen-bond donors (Lipinski definition) is 0. The van der Waals surface area contributed by atoms with E-state index in [-0.39, 0.29) is 12.1 Å². The summed E-state index contributed by atoms with van der Waals surface area (Å²) in [5.74, 6) is -0.190. The zero-order valence-corrected chi connectivity index (χ0v) is 45.0. The maximum Gasteiger partial charge on any atom is 0.333 e. The first kappa shape index (κ1) is 63.2. The zero-order chi connectivity index (χ0) is 46.3. The number of ether oxygens (including phenoxy) is 1. The van der Waals surface area contributed by atoms with Crippen LogP contribution in [0.2, 0.25) is 0 Å². The fourth-order valence-electron chi connectivity index (χ4n) is 10.1. The predicted octanol–water partition coefficient (Wildman–Crippen LogP) is 23.0. The normalized spacial score (nSPS) is 12.0. The van der Waals surface area contributed by atoms with Crippen molar-refractivity contribution in [3.63, 3.8) is 0 Å². The molecule has 2 heteroatoms. The van der Waals surface area contributed by atoms with Crippen LogP contribution < -0.4 is 0 Å². The highest BCUT2D eigenvalue weighted by atomic mass is 16.5. The van der Waals surface area contributed by atoms with E-state index < -0.39 is 0 Å². The van der Waals surface area contributed by atoms with Crippen LogP contribution in [0.25, 0.3) is 0 Å². The van der Waals surface area contributed by atoms with Crippen LogP contribution in [0.5, 0.6) is 0 Å². The Kier molecular flexibility index (Phi) is 55.8. The summed E-state index contributed by atoms with van der Waals surface area (Å²) >= 11 is 0. The largest absolute Gasteiger partial charge is 0.459 e. The molecular weight excluding hydrogens is 777 g/mol. The molecular formula is C62H122O2. The molecule has 0 saturated carbocycles. The summed E-state index contributed by atoms with van der Waals surface area (Å²) in [4.78, 5) is 12.3. The maximum absolute atomic E-state index is 12.3. The molecule has 0 bridgehead atoms. The van der Waals surface area contributed by atoms with Gasteiger partial charge in [-0.2, -0.15) is 0 Å². The summed E-state index contributed by atoms with van der Waals surface area (Å²) in [7, 11) is 0. The summed E-state index contributed by atoms with van der Waals surface area (Å²) in [5.41, 5.74) is 0.537. The van der Waals surface area contributed by atoms with Gasteiger partial charge in [0.2, 0.25) is 0 Å². The molecule has 1 atom stereocenters. The number of esters is 1. The number of carbonyl (C=O) groups excluding carboxylic acids is 1. The van der Waals surface area contributed by atoms with Crippen molar-refractivity contribution < 1.29 is 9.53 Å². The number of hydrogen-bond acceptors (Lipinski definition) is 2. The van der Waals surface area contributed by atoms with Crippen LogP contribution in [0.1, 0.15) is 374 Å². The molecule has 0 aromatic carbocycles. The second-order valence-electron chi connectivity index (χ2n) is 21.4. The van der Waals surface area contributed by atoms with Crippen molar-refractivity contribution in [2.45, 2.75) is 380 Å². The van der Waals surface area contributed by atoms with E-state index >= 15 is 0 Å². The molecule has 0 aromatic heterocycles. The minimum absolute atomic E-state index is 0.0813. The Morgan fingerprint density at radius 1 is 0.281 bits per heavy atom. The van der Waals surface area contributed by atoms with Crippen LogP contribution in [-0.2, 0) is 9.53 Å². The van der Waals surface area contributed by atoms with Gasteiger partial charge in [0.25, 0.3) is 0 Å². The summed E-state index contributed by atoms with van der Waals surface area (Å²) in [6, 6.07) is 0. The van der Waals surface area contributed by atoms with Crippen molar-refractivity contribution >= 4 is 5.97 Å². The zero-order valence-electron chi connectivity index (χ0n) is 45.0. The Bertz CT molecular complexity index is 878. The van der Waals surface area contributed by atoms with Crippen molar-refractivity contribution in [3.05, 3.63) is 12.2 Å². The van der Waals surface area contributed by atoms with E-state index in [1.165, 1.54) is 340 Å². The van der Waals surface area contributed by atoms with Gasteiger partial charge in [0.05, 0.1) is 0 Å². The lowest BCUT2D eigenvalue weighted by atomic mass is 10.0. The molecule has 0 aliphatic carbocycles. The van der Waals surface area contributed by atoms with E-state index in [4.69, 9.17) is 4.74 Å². The summed E-state index contributed by atoms with van der Waals surface area (Å²) in [5, 5.41) is 0. The molecule has 2 nitrogen and oxygen atoms in total. The maximum atomic E-state index is 12.3. The van der Waals surface area contributed by atoms with Crippen LogP contribution in [0, 0.1) is 0 Å². The van der Waals surface area contributed by atoms with Gasteiger partial charge in [-0.3, -0.25) is 0 Å². The molecule has 0 saturated heterocycles. The topological polar surface area (TPSA) is 26.3 Å². The number of carbonyl (C=O) groups is 1. The smallest absolute Gasteiger partial charge is 0.333 e. The third kappa shape index (κ3) is 53.8. The van der Waals surface area contributed by atoms with Crippen LogP contribution in [-0.4, -0.2) is 12.1 Å². The highest BCUT2D eigenvalue weighted by Gasteiger charge is 2.15. The summed E-state index contributed by atoms with van der Waals surface area (Å²) in [6.07, 6.45) is 77.9. The van der Waals surface area contributed by atoms with Gasteiger partial charge in [0.15, 0.2) is 0 Å². The monoisotopic (exact) mass is 899 g/mol.